The topological polar surface area (TPSA) is 105 Å². The highest BCUT2D eigenvalue weighted by atomic mass is 16.5. The lowest BCUT2D eigenvalue weighted by Gasteiger charge is -2.32. The zero-order chi connectivity index (χ0) is 24.4. The molecule has 2 saturated carbocycles. The van der Waals surface area contributed by atoms with Gasteiger partial charge in [0.1, 0.15) is 6.61 Å². The summed E-state index contributed by atoms with van der Waals surface area (Å²) in [5.74, 6) is -1.94. The van der Waals surface area contributed by atoms with E-state index >= 15 is 0 Å². The van der Waals surface area contributed by atoms with E-state index in [4.69, 9.17) is 4.74 Å². The van der Waals surface area contributed by atoms with Gasteiger partial charge in [0, 0.05) is 18.0 Å². The summed E-state index contributed by atoms with van der Waals surface area (Å²) in [5, 5.41) is 15.3. The van der Waals surface area contributed by atoms with Crippen LogP contribution in [0.3, 0.4) is 0 Å². The van der Waals surface area contributed by atoms with Gasteiger partial charge in [-0.3, -0.25) is 9.59 Å². The molecule has 0 bridgehead atoms. The third-order valence-electron chi connectivity index (χ3n) is 7.91. The predicted molar refractivity (Wildman–Crippen MR) is 131 cm³/mol. The quantitative estimate of drug-likeness (QED) is 0.571. The highest BCUT2D eigenvalue weighted by molar-refractivity contribution is 5.82. The largest absolute Gasteiger partial charge is 0.481 e. The molecule has 5 rings (SSSR count). The summed E-state index contributed by atoms with van der Waals surface area (Å²) in [4.78, 5) is 37.4. The average Bonchev–Trinajstić information content (AvgIpc) is 3.46. The van der Waals surface area contributed by atoms with Crippen molar-refractivity contribution in [3.8, 4) is 11.1 Å². The molecule has 0 radical (unpaired) electrons. The number of benzene rings is 2. The van der Waals surface area contributed by atoms with Gasteiger partial charge in [0.2, 0.25) is 5.91 Å². The molecule has 3 N–H and O–H groups in total. The van der Waals surface area contributed by atoms with Crippen molar-refractivity contribution < 1.29 is 24.2 Å². The van der Waals surface area contributed by atoms with E-state index in [1.807, 2.05) is 24.3 Å². The summed E-state index contributed by atoms with van der Waals surface area (Å²) in [7, 11) is 0. The van der Waals surface area contributed by atoms with E-state index in [0.29, 0.717) is 25.7 Å². The second kappa shape index (κ2) is 10.1. The highest BCUT2D eigenvalue weighted by Crippen LogP contribution is 2.44. The maximum atomic E-state index is 13.1. The van der Waals surface area contributed by atoms with Crippen LogP contribution in [0.15, 0.2) is 48.5 Å². The lowest BCUT2D eigenvalue weighted by Crippen LogP contribution is -2.51. The van der Waals surface area contributed by atoms with E-state index < -0.39 is 18.0 Å². The number of fused-ring (bicyclic) bond motifs is 3. The molecule has 35 heavy (non-hydrogen) atoms. The van der Waals surface area contributed by atoms with Gasteiger partial charge in [-0.1, -0.05) is 67.8 Å². The standard InChI is InChI=1S/C28H32N2O5/c31-26(29-25-15-7-13-22(25)27(32)33)21-12-5-6-14-24(21)30-28(34)35-16-23-19-10-3-1-8-17(19)18-9-2-4-11-20(18)23/h1-4,8-11,21-25H,5-7,12-16H2,(H,29,31)(H,30,34)(H,32,33)/t21-,22-,24+,25+/m0/s1. The van der Waals surface area contributed by atoms with Crippen LogP contribution >= 0.6 is 0 Å². The number of hydrogen-bond donors (Lipinski definition) is 3. The van der Waals surface area contributed by atoms with Crippen molar-refractivity contribution in [1.82, 2.24) is 10.6 Å². The summed E-state index contributed by atoms with van der Waals surface area (Å²) in [6.45, 7) is 0.228. The number of aliphatic carboxylic acids is 1. The van der Waals surface area contributed by atoms with Crippen LogP contribution in [0, 0.1) is 11.8 Å². The fourth-order valence-corrected chi connectivity index (χ4v) is 6.13. The molecule has 2 aromatic carbocycles. The minimum absolute atomic E-state index is 0.0195. The second-order valence-corrected chi connectivity index (χ2v) is 9.96. The van der Waals surface area contributed by atoms with E-state index in [-0.39, 0.29) is 36.4 Å². The molecule has 0 heterocycles. The van der Waals surface area contributed by atoms with Crippen LogP contribution in [0.5, 0.6) is 0 Å². The number of ether oxygens (including phenoxy) is 1. The molecule has 0 aromatic heterocycles. The summed E-state index contributed by atoms with van der Waals surface area (Å²) in [6, 6.07) is 15.7. The molecule has 7 nitrogen and oxygen atoms in total. The van der Waals surface area contributed by atoms with E-state index in [1.54, 1.807) is 0 Å². The molecule has 3 aliphatic carbocycles. The Morgan fingerprint density at radius 2 is 1.34 bits per heavy atom. The maximum Gasteiger partial charge on any atom is 0.407 e. The molecular formula is C28H32N2O5. The van der Waals surface area contributed by atoms with E-state index in [2.05, 4.69) is 34.9 Å². The third-order valence-corrected chi connectivity index (χ3v) is 7.91. The summed E-state index contributed by atoms with van der Waals surface area (Å²) >= 11 is 0. The number of carboxylic acid groups (broad SMARTS) is 1. The molecule has 0 unspecified atom stereocenters. The number of amides is 2. The van der Waals surface area contributed by atoms with Crippen LogP contribution in [0.4, 0.5) is 4.79 Å². The number of hydrogen-bond acceptors (Lipinski definition) is 4. The van der Waals surface area contributed by atoms with Crippen molar-refractivity contribution in [1.29, 1.82) is 0 Å². The van der Waals surface area contributed by atoms with Gasteiger partial charge in [-0.25, -0.2) is 4.79 Å². The van der Waals surface area contributed by atoms with Crippen LogP contribution in [-0.4, -0.2) is 41.8 Å². The average molecular weight is 477 g/mol. The van der Waals surface area contributed by atoms with Gasteiger partial charge in [-0.15, -0.1) is 0 Å². The Morgan fingerprint density at radius 3 is 2.03 bits per heavy atom. The fourth-order valence-electron chi connectivity index (χ4n) is 6.13. The molecule has 4 atom stereocenters. The molecular weight excluding hydrogens is 444 g/mol. The van der Waals surface area contributed by atoms with E-state index in [9.17, 15) is 19.5 Å². The minimum Gasteiger partial charge on any atom is -0.481 e. The number of nitrogens with one attached hydrogen (secondary N) is 2. The SMILES string of the molecule is O=C(N[C@@H]1CCCC[C@@H]1C(=O)N[C@@H]1CCC[C@@H]1C(=O)O)OCC1c2ccccc2-c2ccccc21. The number of alkyl carbamates (subject to hydrolysis) is 1. The van der Waals surface area contributed by atoms with Crippen molar-refractivity contribution in [2.45, 2.75) is 62.9 Å². The van der Waals surface area contributed by atoms with Crippen LogP contribution in [0.2, 0.25) is 0 Å². The zero-order valence-corrected chi connectivity index (χ0v) is 19.7. The summed E-state index contributed by atoms with van der Waals surface area (Å²) < 4.78 is 5.69. The molecule has 0 saturated heterocycles. The first-order valence-electron chi connectivity index (χ1n) is 12.7. The fraction of sp³-hybridized carbons (Fsp3) is 0.464. The molecule has 7 heteroatoms. The lowest BCUT2D eigenvalue weighted by molar-refractivity contribution is -0.142. The Kier molecular flexibility index (Phi) is 6.75. The number of carbonyl (C=O) groups is 3. The van der Waals surface area contributed by atoms with Gasteiger partial charge in [-0.2, -0.15) is 0 Å². The Hall–Kier alpha value is -3.35. The minimum atomic E-state index is -0.857. The van der Waals surface area contributed by atoms with Gasteiger partial charge >= 0.3 is 12.1 Å². The normalized spacial score (nSPS) is 25.4. The first kappa shape index (κ1) is 23.4. The van der Waals surface area contributed by atoms with Gasteiger partial charge in [0.25, 0.3) is 0 Å². The Labute approximate surface area is 205 Å². The Bertz CT molecular complexity index is 1070. The van der Waals surface area contributed by atoms with Crippen molar-refractivity contribution >= 4 is 18.0 Å². The number of rotatable bonds is 6. The third kappa shape index (κ3) is 4.77. The molecule has 184 valence electrons. The number of carboxylic acids is 1. The van der Waals surface area contributed by atoms with Crippen molar-refractivity contribution in [2.24, 2.45) is 11.8 Å². The highest BCUT2D eigenvalue weighted by Gasteiger charge is 2.38. The predicted octanol–water partition coefficient (Wildman–Crippen LogP) is 4.45. The van der Waals surface area contributed by atoms with Crippen LogP contribution in [0.25, 0.3) is 11.1 Å². The van der Waals surface area contributed by atoms with Crippen molar-refractivity contribution in [3.05, 3.63) is 59.7 Å². The lowest BCUT2D eigenvalue weighted by atomic mass is 9.83. The summed E-state index contributed by atoms with van der Waals surface area (Å²) in [5.41, 5.74) is 4.65. The summed E-state index contributed by atoms with van der Waals surface area (Å²) in [6.07, 6.45) is 4.77. The first-order chi connectivity index (χ1) is 17.0. The molecule has 2 amide bonds. The van der Waals surface area contributed by atoms with Crippen molar-refractivity contribution in [3.63, 3.8) is 0 Å². The molecule has 0 spiro atoms. The van der Waals surface area contributed by atoms with Crippen LogP contribution < -0.4 is 10.6 Å². The van der Waals surface area contributed by atoms with Gasteiger partial charge in [0.15, 0.2) is 0 Å². The Balaban J connectivity index is 1.21. The van der Waals surface area contributed by atoms with Gasteiger partial charge in [-0.05, 0) is 47.9 Å². The molecule has 0 aliphatic heterocycles. The second-order valence-electron chi connectivity index (χ2n) is 9.96. The van der Waals surface area contributed by atoms with Crippen LogP contribution in [0.1, 0.15) is 62.0 Å². The molecule has 2 fully saturated rings. The molecule has 2 aromatic rings. The smallest absolute Gasteiger partial charge is 0.407 e. The zero-order valence-electron chi connectivity index (χ0n) is 19.7. The number of carbonyl (C=O) groups excluding carboxylic acids is 2. The van der Waals surface area contributed by atoms with E-state index in [1.165, 1.54) is 11.1 Å². The first-order valence-corrected chi connectivity index (χ1v) is 12.7. The Morgan fingerprint density at radius 1 is 0.771 bits per heavy atom. The van der Waals surface area contributed by atoms with Crippen LogP contribution in [-0.2, 0) is 14.3 Å². The maximum absolute atomic E-state index is 13.1. The van der Waals surface area contributed by atoms with Crippen molar-refractivity contribution in [2.75, 3.05) is 6.61 Å². The molecule has 3 aliphatic rings. The van der Waals surface area contributed by atoms with E-state index in [0.717, 1.165) is 30.4 Å². The van der Waals surface area contributed by atoms with Gasteiger partial charge in [0.05, 0.1) is 11.8 Å². The van der Waals surface area contributed by atoms with Gasteiger partial charge < -0.3 is 20.5 Å². The monoisotopic (exact) mass is 476 g/mol.